The van der Waals surface area contributed by atoms with Gasteiger partial charge in [0, 0.05) is 13.0 Å². The summed E-state index contributed by atoms with van der Waals surface area (Å²) < 4.78 is 24.9. The van der Waals surface area contributed by atoms with Crippen LogP contribution in [0.5, 0.6) is 0 Å². The monoisotopic (exact) mass is 235 g/mol. The topological polar surface area (TPSA) is 37.4 Å². The predicted molar refractivity (Wildman–Crippen MR) is 61.8 cm³/mol. The molecule has 1 aliphatic heterocycles. The number of hydrogen-bond donors (Lipinski definition) is 0. The minimum Gasteiger partial charge on any atom is -0.264 e. The number of sulfonamides is 1. The summed E-state index contributed by atoms with van der Waals surface area (Å²) in [6, 6.07) is 0. The second-order valence-electron chi connectivity index (χ2n) is 3.59. The fourth-order valence-corrected chi connectivity index (χ4v) is 3.74. The van der Waals surface area contributed by atoms with Gasteiger partial charge >= 0.3 is 0 Å². The van der Waals surface area contributed by atoms with Gasteiger partial charge in [-0.25, -0.2) is 8.42 Å². The first-order valence-electron chi connectivity index (χ1n) is 5.11. The molecule has 0 atom stereocenters. The van der Waals surface area contributed by atoms with E-state index in [0.717, 1.165) is 32.1 Å². The lowest BCUT2D eigenvalue weighted by Crippen LogP contribution is -2.32. The molecule has 0 aromatic heterocycles. The Morgan fingerprint density at radius 3 is 2.64 bits per heavy atom. The highest BCUT2D eigenvalue weighted by Crippen LogP contribution is 2.17. The molecule has 0 bridgehead atoms. The third-order valence-corrected chi connectivity index (χ3v) is 4.79. The fraction of sp³-hybridized carbons (Fsp3) is 0.889. The maximum atomic E-state index is 11.8. The largest absolute Gasteiger partial charge is 0.264 e. The number of unbranched alkanes of at least 4 members (excludes halogenated alkanes) is 2. The van der Waals surface area contributed by atoms with Gasteiger partial charge in [-0.3, -0.25) is 4.31 Å². The predicted octanol–water partition coefficient (Wildman–Crippen LogP) is 1.93. The lowest BCUT2D eigenvalue weighted by atomic mass is 10.3. The lowest BCUT2D eigenvalue weighted by molar-refractivity contribution is 0.534. The van der Waals surface area contributed by atoms with E-state index in [9.17, 15) is 8.42 Å². The van der Waals surface area contributed by atoms with Crippen molar-refractivity contribution in [2.45, 2.75) is 39.0 Å². The molecule has 1 aliphatic rings. The molecule has 0 amide bonds. The van der Waals surface area contributed by atoms with Crippen molar-refractivity contribution in [3.05, 3.63) is 0 Å². The molecule has 0 aromatic rings. The van der Waals surface area contributed by atoms with Gasteiger partial charge in [-0.2, -0.15) is 0 Å². The summed E-state index contributed by atoms with van der Waals surface area (Å²) in [6.45, 7) is 2.65. The van der Waals surface area contributed by atoms with E-state index in [4.69, 9.17) is 12.2 Å². The lowest BCUT2D eigenvalue weighted by Gasteiger charge is -2.17. The van der Waals surface area contributed by atoms with Crippen molar-refractivity contribution in [1.82, 2.24) is 4.31 Å². The van der Waals surface area contributed by atoms with Crippen molar-refractivity contribution in [2.75, 3.05) is 12.3 Å². The van der Waals surface area contributed by atoms with E-state index in [1.54, 1.807) is 0 Å². The van der Waals surface area contributed by atoms with Crippen molar-refractivity contribution in [2.24, 2.45) is 0 Å². The molecule has 0 aliphatic carbocycles. The van der Waals surface area contributed by atoms with Gasteiger partial charge in [0.25, 0.3) is 0 Å². The smallest absolute Gasteiger partial charge is 0.235 e. The fourth-order valence-electron chi connectivity index (χ4n) is 1.56. The Balaban J connectivity index is 2.52. The number of thiocarbonyl (C=S) groups is 1. The molecule has 0 unspecified atom stereocenters. The van der Waals surface area contributed by atoms with Crippen LogP contribution in [-0.4, -0.2) is 30.0 Å². The zero-order valence-electron chi connectivity index (χ0n) is 8.53. The average molecular weight is 235 g/mol. The summed E-state index contributed by atoms with van der Waals surface area (Å²) in [7, 11) is -3.09. The zero-order chi connectivity index (χ0) is 10.6. The molecule has 1 rings (SSSR count). The summed E-state index contributed by atoms with van der Waals surface area (Å²) in [5, 5.41) is 0. The summed E-state index contributed by atoms with van der Waals surface area (Å²) in [4.78, 5) is 0.599. The molecule has 82 valence electrons. The summed E-state index contributed by atoms with van der Waals surface area (Å²) >= 11 is 5.01. The van der Waals surface area contributed by atoms with Crippen LogP contribution < -0.4 is 0 Å². The molecule has 0 spiro atoms. The maximum Gasteiger partial charge on any atom is 0.235 e. The van der Waals surface area contributed by atoms with Crippen LogP contribution in [0.4, 0.5) is 0 Å². The van der Waals surface area contributed by atoms with E-state index >= 15 is 0 Å². The highest BCUT2D eigenvalue weighted by atomic mass is 32.2. The highest BCUT2D eigenvalue weighted by molar-refractivity contribution is 7.91. The third kappa shape index (κ3) is 2.92. The van der Waals surface area contributed by atoms with Gasteiger partial charge in [-0.1, -0.05) is 32.0 Å². The van der Waals surface area contributed by atoms with Crippen LogP contribution >= 0.6 is 12.2 Å². The van der Waals surface area contributed by atoms with Crippen molar-refractivity contribution >= 4 is 27.2 Å². The number of rotatable bonds is 5. The van der Waals surface area contributed by atoms with Crippen molar-refractivity contribution in [3.63, 3.8) is 0 Å². The minimum absolute atomic E-state index is 0.251. The molecule has 1 heterocycles. The Bertz CT molecular complexity index is 298. The van der Waals surface area contributed by atoms with Gasteiger partial charge in [-0.15, -0.1) is 0 Å². The van der Waals surface area contributed by atoms with Gasteiger partial charge in [0.15, 0.2) is 0 Å². The van der Waals surface area contributed by atoms with Crippen LogP contribution in [0.2, 0.25) is 0 Å². The zero-order valence-corrected chi connectivity index (χ0v) is 10.2. The second-order valence-corrected chi connectivity index (χ2v) is 6.08. The van der Waals surface area contributed by atoms with Crippen molar-refractivity contribution in [1.29, 1.82) is 0 Å². The minimum atomic E-state index is -3.09. The SMILES string of the molecule is CCCCCS(=O)(=O)N1CCCC1=S. The van der Waals surface area contributed by atoms with E-state index in [-0.39, 0.29) is 5.75 Å². The Morgan fingerprint density at radius 1 is 1.43 bits per heavy atom. The van der Waals surface area contributed by atoms with Crippen LogP contribution in [0.3, 0.4) is 0 Å². The van der Waals surface area contributed by atoms with E-state index in [1.165, 1.54) is 4.31 Å². The Labute approximate surface area is 91.5 Å². The standard InChI is InChI=1S/C9H17NO2S2/c1-2-3-4-8-14(11,12)10-7-5-6-9(10)13/h2-8H2,1H3. The summed E-state index contributed by atoms with van der Waals surface area (Å²) in [5.41, 5.74) is 0. The molecule has 0 radical (unpaired) electrons. The summed E-state index contributed by atoms with van der Waals surface area (Å²) in [5.74, 6) is 0.251. The molecule has 0 aromatic carbocycles. The number of hydrogen-bond acceptors (Lipinski definition) is 3. The van der Waals surface area contributed by atoms with Crippen LogP contribution in [0.25, 0.3) is 0 Å². The first-order chi connectivity index (χ1) is 6.58. The van der Waals surface area contributed by atoms with Crippen molar-refractivity contribution < 1.29 is 8.42 Å². The van der Waals surface area contributed by atoms with E-state index in [2.05, 4.69) is 6.92 Å². The first kappa shape index (κ1) is 11.9. The molecule has 14 heavy (non-hydrogen) atoms. The first-order valence-corrected chi connectivity index (χ1v) is 7.13. The van der Waals surface area contributed by atoms with Gasteiger partial charge in [0.2, 0.25) is 10.0 Å². The van der Waals surface area contributed by atoms with Crippen molar-refractivity contribution in [3.8, 4) is 0 Å². The van der Waals surface area contributed by atoms with Gasteiger partial charge in [0.05, 0.1) is 10.7 Å². The highest BCUT2D eigenvalue weighted by Gasteiger charge is 2.27. The Kier molecular flexibility index (Phi) is 4.31. The van der Waals surface area contributed by atoms with E-state index < -0.39 is 10.0 Å². The van der Waals surface area contributed by atoms with Gasteiger partial charge in [-0.05, 0) is 12.8 Å². The van der Waals surface area contributed by atoms with E-state index in [0.29, 0.717) is 11.5 Å². The second kappa shape index (κ2) is 5.07. The number of nitrogens with zero attached hydrogens (tertiary/aromatic N) is 1. The summed E-state index contributed by atoms with van der Waals surface area (Å²) in [6.07, 6.45) is 4.39. The Hall–Kier alpha value is -0.160. The molecule has 1 saturated heterocycles. The van der Waals surface area contributed by atoms with E-state index in [1.807, 2.05) is 0 Å². The normalized spacial score (nSPS) is 17.8. The average Bonchev–Trinajstić information content (AvgIpc) is 2.52. The van der Waals surface area contributed by atoms with Crippen LogP contribution in [0.15, 0.2) is 0 Å². The van der Waals surface area contributed by atoms with Gasteiger partial charge < -0.3 is 0 Å². The molecule has 0 N–H and O–H groups in total. The van der Waals surface area contributed by atoms with Gasteiger partial charge in [0.1, 0.15) is 0 Å². The molecular formula is C9H17NO2S2. The molecule has 5 heteroatoms. The maximum absolute atomic E-state index is 11.8. The Morgan fingerprint density at radius 2 is 2.14 bits per heavy atom. The van der Waals surface area contributed by atoms with Crippen LogP contribution in [-0.2, 0) is 10.0 Å². The molecule has 3 nitrogen and oxygen atoms in total. The van der Waals surface area contributed by atoms with Crippen LogP contribution in [0, 0.1) is 0 Å². The third-order valence-electron chi connectivity index (χ3n) is 2.37. The van der Waals surface area contributed by atoms with Crippen LogP contribution in [0.1, 0.15) is 39.0 Å². The molecule has 1 fully saturated rings. The molecule has 0 saturated carbocycles. The quantitative estimate of drug-likeness (QED) is 0.540. The molecular weight excluding hydrogens is 218 g/mol.